The molecule has 6 heteroatoms. The van der Waals surface area contributed by atoms with Crippen molar-refractivity contribution in [2.45, 2.75) is 6.54 Å². The number of nitrogens with two attached hydrogens (primary N) is 1. The van der Waals surface area contributed by atoms with Crippen molar-refractivity contribution in [2.24, 2.45) is 0 Å². The highest BCUT2D eigenvalue weighted by molar-refractivity contribution is 7.07. The minimum absolute atomic E-state index is 0.261. The van der Waals surface area contributed by atoms with Crippen molar-refractivity contribution in [3.63, 3.8) is 0 Å². The number of nitrogens with one attached hydrogen (secondary N) is 2. The molecule has 0 bridgehead atoms. The maximum absolute atomic E-state index is 11.5. The Morgan fingerprint density at radius 2 is 2.12 bits per heavy atom. The van der Waals surface area contributed by atoms with Crippen LogP contribution in [0.1, 0.15) is 5.69 Å². The van der Waals surface area contributed by atoms with E-state index in [0.29, 0.717) is 17.9 Å². The summed E-state index contributed by atoms with van der Waals surface area (Å²) in [7, 11) is 0. The van der Waals surface area contributed by atoms with Crippen molar-refractivity contribution in [2.75, 3.05) is 11.1 Å². The molecule has 0 fully saturated rings. The number of anilines is 2. The van der Waals surface area contributed by atoms with Crippen LogP contribution >= 0.6 is 11.3 Å². The number of carbonyl (C=O) groups excluding carboxylic acids is 1. The van der Waals surface area contributed by atoms with Gasteiger partial charge in [0.05, 0.1) is 17.7 Å². The van der Waals surface area contributed by atoms with Gasteiger partial charge in [-0.05, 0) is 24.3 Å². The van der Waals surface area contributed by atoms with Crippen molar-refractivity contribution in [1.29, 1.82) is 0 Å². The lowest BCUT2D eigenvalue weighted by Crippen LogP contribution is -2.28. The van der Waals surface area contributed by atoms with Crippen molar-refractivity contribution in [1.82, 2.24) is 10.3 Å². The van der Waals surface area contributed by atoms with Gasteiger partial charge in [0.25, 0.3) is 0 Å². The SMILES string of the molecule is Nc1ccc(NC(=O)NCc2cscn2)cc1. The van der Waals surface area contributed by atoms with Gasteiger partial charge in [0.1, 0.15) is 0 Å². The van der Waals surface area contributed by atoms with Gasteiger partial charge in [0.2, 0.25) is 0 Å². The monoisotopic (exact) mass is 248 g/mol. The minimum Gasteiger partial charge on any atom is -0.399 e. The second kappa shape index (κ2) is 5.31. The Morgan fingerprint density at radius 3 is 2.76 bits per heavy atom. The first-order valence-electron chi connectivity index (χ1n) is 5.01. The number of thiazole rings is 1. The maximum atomic E-state index is 11.5. The summed E-state index contributed by atoms with van der Waals surface area (Å²) in [5.74, 6) is 0. The molecule has 0 aliphatic rings. The maximum Gasteiger partial charge on any atom is 0.319 e. The highest BCUT2D eigenvalue weighted by Crippen LogP contribution is 2.10. The Balaban J connectivity index is 1.83. The average Bonchev–Trinajstić information content (AvgIpc) is 2.83. The highest BCUT2D eigenvalue weighted by atomic mass is 32.1. The van der Waals surface area contributed by atoms with E-state index < -0.39 is 0 Å². The number of hydrogen-bond acceptors (Lipinski definition) is 4. The predicted molar refractivity (Wildman–Crippen MR) is 68.8 cm³/mol. The number of carbonyl (C=O) groups is 1. The summed E-state index contributed by atoms with van der Waals surface area (Å²) < 4.78 is 0. The summed E-state index contributed by atoms with van der Waals surface area (Å²) in [5.41, 5.74) is 9.49. The van der Waals surface area contributed by atoms with E-state index in [9.17, 15) is 4.79 Å². The van der Waals surface area contributed by atoms with Gasteiger partial charge >= 0.3 is 6.03 Å². The van der Waals surface area contributed by atoms with Gasteiger partial charge < -0.3 is 16.4 Å². The Bertz CT molecular complexity index is 481. The second-order valence-electron chi connectivity index (χ2n) is 3.41. The molecule has 0 aliphatic carbocycles. The molecular formula is C11H12N4OS. The van der Waals surface area contributed by atoms with E-state index in [-0.39, 0.29) is 6.03 Å². The standard InChI is InChI=1S/C11H12N4OS/c12-8-1-3-9(4-2-8)15-11(16)13-5-10-6-17-7-14-10/h1-4,6-7H,5,12H2,(H2,13,15,16). The van der Waals surface area contributed by atoms with Gasteiger partial charge in [-0.15, -0.1) is 11.3 Å². The molecule has 5 nitrogen and oxygen atoms in total. The molecule has 0 saturated carbocycles. The van der Waals surface area contributed by atoms with Crippen LogP contribution in [0.5, 0.6) is 0 Å². The van der Waals surface area contributed by atoms with Crippen LogP contribution in [0.3, 0.4) is 0 Å². The van der Waals surface area contributed by atoms with E-state index in [4.69, 9.17) is 5.73 Å². The molecule has 1 heterocycles. The third-order valence-electron chi connectivity index (χ3n) is 2.08. The molecule has 0 aliphatic heterocycles. The molecule has 1 aromatic heterocycles. The number of urea groups is 1. The Kier molecular flexibility index (Phi) is 3.56. The molecule has 0 unspecified atom stereocenters. The van der Waals surface area contributed by atoms with Gasteiger partial charge in [-0.25, -0.2) is 9.78 Å². The van der Waals surface area contributed by atoms with Crippen LogP contribution in [0.2, 0.25) is 0 Å². The lowest BCUT2D eigenvalue weighted by molar-refractivity contribution is 0.251. The Hall–Kier alpha value is -2.08. The summed E-state index contributed by atoms with van der Waals surface area (Å²) >= 11 is 1.50. The third kappa shape index (κ3) is 3.46. The zero-order valence-electron chi connectivity index (χ0n) is 9.01. The third-order valence-corrected chi connectivity index (χ3v) is 2.72. The fourth-order valence-electron chi connectivity index (χ4n) is 1.24. The Labute approximate surface area is 103 Å². The van der Waals surface area contributed by atoms with E-state index >= 15 is 0 Å². The number of amides is 2. The van der Waals surface area contributed by atoms with Crippen LogP contribution in [0, 0.1) is 0 Å². The normalized spacial score (nSPS) is 9.88. The van der Waals surface area contributed by atoms with Gasteiger partial charge in [-0.3, -0.25) is 0 Å². The van der Waals surface area contributed by atoms with Crippen LogP contribution < -0.4 is 16.4 Å². The van der Waals surface area contributed by atoms with Gasteiger partial charge in [-0.2, -0.15) is 0 Å². The van der Waals surface area contributed by atoms with Gasteiger partial charge in [-0.1, -0.05) is 0 Å². The van der Waals surface area contributed by atoms with E-state index in [0.717, 1.165) is 5.69 Å². The van der Waals surface area contributed by atoms with E-state index in [1.54, 1.807) is 29.8 Å². The zero-order chi connectivity index (χ0) is 12.1. The van der Waals surface area contributed by atoms with Gasteiger partial charge in [0, 0.05) is 16.8 Å². The van der Waals surface area contributed by atoms with Crippen LogP contribution in [0.25, 0.3) is 0 Å². The number of nitrogen functional groups attached to an aromatic ring is 1. The summed E-state index contributed by atoms with van der Waals surface area (Å²) in [6, 6.07) is 6.70. The number of benzene rings is 1. The molecular weight excluding hydrogens is 236 g/mol. The fraction of sp³-hybridized carbons (Fsp3) is 0.0909. The smallest absolute Gasteiger partial charge is 0.319 e. The molecule has 4 N–H and O–H groups in total. The van der Waals surface area contributed by atoms with Crippen molar-refractivity contribution in [3.8, 4) is 0 Å². The second-order valence-corrected chi connectivity index (χ2v) is 4.13. The molecule has 0 radical (unpaired) electrons. The summed E-state index contributed by atoms with van der Waals surface area (Å²) in [4.78, 5) is 15.6. The van der Waals surface area contributed by atoms with Crippen LogP contribution in [-0.4, -0.2) is 11.0 Å². The van der Waals surface area contributed by atoms with Crippen molar-refractivity contribution >= 4 is 28.7 Å². The molecule has 0 spiro atoms. The summed E-state index contributed by atoms with van der Waals surface area (Å²) in [5, 5.41) is 7.30. The van der Waals surface area contributed by atoms with Crippen molar-refractivity contribution in [3.05, 3.63) is 40.8 Å². The first-order chi connectivity index (χ1) is 8.24. The fourth-order valence-corrected chi connectivity index (χ4v) is 1.80. The first-order valence-corrected chi connectivity index (χ1v) is 5.96. The molecule has 0 atom stereocenters. The lowest BCUT2D eigenvalue weighted by Gasteiger charge is -2.06. The molecule has 1 aromatic carbocycles. The van der Waals surface area contributed by atoms with E-state index in [1.165, 1.54) is 11.3 Å². The van der Waals surface area contributed by atoms with Crippen LogP contribution in [0.15, 0.2) is 35.2 Å². The molecule has 2 amide bonds. The first kappa shape index (κ1) is 11.4. The number of rotatable bonds is 3. The molecule has 88 valence electrons. The highest BCUT2D eigenvalue weighted by Gasteiger charge is 2.02. The summed E-state index contributed by atoms with van der Waals surface area (Å²) in [6.07, 6.45) is 0. The quantitative estimate of drug-likeness (QED) is 0.727. The van der Waals surface area contributed by atoms with Crippen LogP contribution in [0.4, 0.5) is 16.2 Å². The number of aromatic nitrogens is 1. The number of hydrogen-bond donors (Lipinski definition) is 3. The van der Waals surface area contributed by atoms with Crippen molar-refractivity contribution < 1.29 is 4.79 Å². The minimum atomic E-state index is -0.261. The Morgan fingerprint density at radius 1 is 1.35 bits per heavy atom. The van der Waals surface area contributed by atoms with Crippen LogP contribution in [-0.2, 0) is 6.54 Å². The largest absolute Gasteiger partial charge is 0.399 e. The summed E-state index contributed by atoms with van der Waals surface area (Å²) in [6.45, 7) is 0.421. The zero-order valence-corrected chi connectivity index (χ0v) is 9.83. The van der Waals surface area contributed by atoms with Gasteiger partial charge in [0.15, 0.2) is 0 Å². The van der Waals surface area contributed by atoms with E-state index in [2.05, 4.69) is 15.6 Å². The molecule has 0 saturated heterocycles. The molecule has 2 rings (SSSR count). The predicted octanol–water partition coefficient (Wildman–Crippen LogP) is 2.05. The number of nitrogens with zero attached hydrogens (tertiary/aromatic N) is 1. The molecule has 2 aromatic rings. The van der Waals surface area contributed by atoms with E-state index in [1.807, 2.05) is 5.38 Å². The average molecular weight is 248 g/mol. The molecule has 17 heavy (non-hydrogen) atoms. The topological polar surface area (TPSA) is 80.0 Å². The lowest BCUT2D eigenvalue weighted by atomic mass is 10.3.